The maximum absolute atomic E-state index is 5.85. The SMILES string of the molecule is Nc1ccc(-c2nccn2-c2ccc(Cl)cn2)cc1. The van der Waals surface area contributed by atoms with Gasteiger partial charge in [0, 0.05) is 29.8 Å². The fraction of sp³-hybridized carbons (Fsp3) is 0. The van der Waals surface area contributed by atoms with Gasteiger partial charge in [-0.25, -0.2) is 9.97 Å². The second-order valence-electron chi connectivity index (χ2n) is 4.08. The second-order valence-corrected chi connectivity index (χ2v) is 4.51. The Hall–Kier alpha value is -2.33. The molecular formula is C14H11ClN4. The van der Waals surface area contributed by atoms with Gasteiger partial charge in [0.2, 0.25) is 0 Å². The zero-order valence-corrected chi connectivity index (χ0v) is 10.7. The van der Waals surface area contributed by atoms with Crippen LogP contribution >= 0.6 is 11.6 Å². The zero-order valence-electron chi connectivity index (χ0n) is 9.99. The summed E-state index contributed by atoms with van der Waals surface area (Å²) >= 11 is 5.85. The lowest BCUT2D eigenvalue weighted by Gasteiger charge is -2.07. The molecule has 0 bridgehead atoms. The van der Waals surface area contributed by atoms with Crippen LogP contribution in [0.2, 0.25) is 5.02 Å². The second kappa shape index (κ2) is 4.74. The molecule has 19 heavy (non-hydrogen) atoms. The molecule has 2 heterocycles. The molecule has 3 aromatic rings. The van der Waals surface area contributed by atoms with Crippen LogP contribution in [0.5, 0.6) is 0 Å². The van der Waals surface area contributed by atoms with Crippen LogP contribution in [-0.4, -0.2) is 14.5 Å². The molecule has 0 aliphatic rings. The van der Waals surface area contributed by atoms with Crippen molar-refractivity contribution in [2.45, 2.75) is 0 Å². The first-order chi connectivity index (χ1) is 9.24. The van der Waals surface area contributed by atoms with E-state index in [9.17, 15) is 0 Å². The van der Waals surface area contributed by atoms with Crippen molar-refractivity contribution in [1.29, 1.82) is 0 Å². The van der Waals surface area contributed by atoms with Gasteiger partial charge in [0.25, 0.3) is 0 Å². The number of hydrogen-bond donors (Lipinski definition) is 1. The predicted molar refractivity (Wildman–Crippen MR) is 76.2 cm³/mol. The smallest absolute Gasteiger partial charge is 0.145 e. The van der Waals surface area contributed by atoms with Crippen LogP contribution in [0.1, 0.15) is 0 Å². The average Bonchev–Trinajstić information content (AvgIpc) is 2.90. The van der Waals surface area contributed by atoms with Crippen LogP contribution < -0.4 is 5.73 Å². The fourth-order valence-corrected chi connectivity index (χ4v) is 1.96. The molecule has 94 valence electrons. The quantitative estimate of drug-likeness (QED) is 0.728. The molecule has 0 aliphatic carbocycles. The number of pyridine rings is 1. The number of benzene rings is 1. The molecular weight excluding hydrogens is 260 g/mol. The molecule has 3 rings (SSSR count). The van der Waals surface area contributed by atoms with E-state index >= 15 is 0 Å². The van der Waals surface area contributed by atoms with E-state index in [0.717, 1.165) is 22.9 Å². The highest BCUT2D eigenvalue weighted by Gasteiger charge is 2.08. The van der Waals surface area contributed by atoms with E-state index in [2.05, 4.69) is 9.97 Å². The van der Waals surface area contributed by atoms with Gasteiger partial charge in [-0.05, 0) is 36.4 Å². The van der Waals surface area contributed by atoms with Gasteiger partial charge in [-0.3, -0.25) is 4.57 Å². The van der Waals surface area contributed by atoms with Crippen molar-refractivity contribution >= 4 is 17.3 Å². The lowest BCUT2D eigenvalue weighted by atomic mass is 10.2. The third-order valence-electron chi connectivity index (χ3n) is 2.77. The maximum Gasteiger partial charge on any atom is 0.145 e. The number of nitrogens with two attached hydrogens (primary N) is 1. The van der Waals surface area contributed by atoms with Crippen molar-refractivity contribution in [3.05, 3.63) is 60.0 Å². The van der Waals surface area contributed by atoms with Crippen LogP contribution in [0.3, 0.4) is 0 Å². The Kier molecular flexibility index (Phi) is 2.93. The van der Waals surface area contributed by atoms with Crippen molar-refractivity contribution in [3.8, 4) is 17.2 Å². The summed E-state index contributed by atoms with van der Waals surface area (Å²) in [5.74, 6) is 1.59. The Morgan fingerprint density at radius 2 is 1.79 bits per heavy atom. The van der Waals surface area contributed by atoms with Crippen molar-refractivity contribution in [3.63, 3.8) is 0 Å². The molecule has 0 aliphatic heterocycles. The van der Waals surface area contributed by atoms with Gasteiger partial charge >= 0.3 is 0 Å². The molecule has 2 N–H and O–H groups in total. The normalized spacial score (nSPS) is 10.6. The summed E-state index contributed by atoms with van der Waals surface area (Å²) < 4.78 is 1.90. The Labute approximate surface area is 115 Å². The van der Waals surface area contributed by atoms with E-state index in [-0.39, 0.29) is 0 Å². The van der Waals surface area contributed by atoms with Crippen LogP contribution in [0, 0.1) is 0 Å². The Morgan fingerprint density at radius 3 is 2.47 bits per heavy atom. The van der Waals surface area contributed by atoms with Crippen molar-refractivity contribution in [2.75, 3.05) is 5.73 Å². The Bertz CT molecular complexity index is 626. The van der Waals surface area contributed by atoms with E-state index in [1.807, 2.05) is 41.1 Å². The van der Waals surface area contributed by atoms with Crippen molar-refractivity contribution in [1.82, 2.24) is 14.5 Å². The highest BCUT2D eigenvalue weighted by atomic mass is 35.5. The monoisotopic (exact) mass is 270 g/mol. The molecule has 0 radical (unpaired) electrons. The van der Waals surface area contributed by atoms with Gasteiger partial charge in [-0.15, -0.1) is 0 Å². The predicted octanol–water partition coefficient (Wildman–Crippen LogP) is 3.17. The van der Waals surface area contributed by atoms with E-state index in [4.69, 9.17) is 17.3 Å². The summed E-state index contributed by atoms with van der Waals surface area (Å²) in [6.07, 6.45) is 5.22. The molecule has 0 amide bonds. The first kappa shape index (κ1) is 11.7. The summed E-state index contributed by atoms with van der Waals surface area (Å²) in [5.41, 5.74) is 7.40. The lowest BCUT2D eigenvalue weighted by molar-refractivity contribution is 1.00. The topological polar surface area (TPSA) is 56.7 Å². The number of aromatic nitrogens is 3. The summed E-state index contributed by atoms with van der Waals surface area (Å²) in [7, 11) is 0. The number of hydrogen-bond acceptors (Lipinski definition) is 3. The van der Waals surface area contributed by atoms with E-state index < -0.39 is 0 Å². The molecule has 2 aromatic heterocycles. The van der Waals surface area contributed by atoms with E-state index in [1.165, 1.54) is 0 Å². The summed E-state index contributed by atoms with van der Waals surface area (Å²) in [4.78, 5) is 8.65. The highest BCUT2D eigenvalue weighted by molar-refractivity contribution is 6.30. The number of halogens is 1. The first-order valence-corrected chi connectivity index (χ1v) is 6.13. The molecule has 0 saturated carbocycles. The number of anilines is 1. The summed E-state index contributed by atoms with van der Waals surface area (Å²) in [6, 6.07) is 11.2. The largest absolute Gasteiger partial charge is 0.399 e. The Morgan fingerprint density at radius 1 is 1.00 bits per heavy atom. The first-order valence-electron chi connectivity index (χ1n) is 5.75. The Balaban J connectivity index is 2.07. The molecule has 4 nitrogen and oxygen atoms in total. The van der Waals surface area contributed by atoms with Gasteiger partial charge in [-0.2, -0.15) is 0 Å². The van der Waals surface area contributed by atoms with E-state index in [0.29, 0.717) is 5.02 Å². The number of rotatable bonds is 2. The number of nitrogen functional groups attached to an aromatic ring is 1. The number of nitrogens with zero attached hydrogens (tertiary/aromatic N) is 3. The molecule has 1 aromatic carbocycles. The summed E-state index contributed by atoms with van der Waals surface area (Å²) in [5, 5.41) is 0.609. The molecule has 0 atom stereocenters. The minimum atomic E-state index is 0.609. The van der Waals surface area contributed by atoms with Gasteiger partial charge in [0.1, 0.15) is 11.6 Å². The van der Waals surface area contributed by atoms with Crippen molar-refractivity contribution < 1.29 is 0 Å². The van der Waals surface area contributed by atoms with Gasteiger partial charge in [0.15, 0.2) is 0 Å². The minimum absolute atomic E-state index is 0.609. The fourth-order valence-electron chi connectivity index (χ4n) is 1.84. The van der Waals surface area contributed by atoms with Crippen LogP contribution in [0.25, 0.3) is 17.2 Å². The van der Waals surface area contributed by atoms with Gasteiger partial charge < -0.3 is 5.73 Å². The standard InChI is InChI=1S/C14H11ClN4/c15-11-3-6-13(18-9-11)19-8-7-17-14(19)10-1-4-12(16)5-2-10/h1-9H,16H2. The van der Waals surface area contributed by atoms with Crippen molar-refractivity contribution in [2.24, 2.45) is 0 Å². The molecule has 0 unspecified atom stereocenters. The molecule has 0 spiro atoms. The third-order valence-corrected chi connectivity index (χ3v) is 2.99. The van der Waals surface area contributed by atoms with Crippen LogP contribution in [0.4, 0.5) is 5.69 Å². The molecule has 0 fully saturated rings. The maximum atomic E-state index is 5.85. The van der Waals surface area contributed by atoms with Gasteiger partial charge in [0.05, 0.1) is 5.02 Å². The van der Waals surface area contributed by atoms with Gasteiger partial charge in [-0.1, -0.05) is 11.6 Å². The zero-order chi connectivity index (χ0) is 13.2. The van der Waals surface area contributed by atoms with Crippen LogP contribution in [0.15, 0.2) is 55.0 Å². The van der Waals surface area contributed by atoms with E-state index in [1.54, 1.807) is 18.5 Å². The number of imidazole rings is 1. The van der Waals surface area contributed by atoms with Crippen LogP contribution in [-0.2, 0) is 0 Å². The third kappa shape index (κ3) is 2.30. The average molecular weight is 271 g/mol. The molecule has 5 heteroatoms. The summed E-state index contributed by atoms with van der Waals surface area (Å²) in [6.45, 7) is 0. The lowest BCUT2D eigenvalue weighted by Crippen LogP contribution is -1.98. The minimum Gasteiger partial charge on any atom is -0.399 e. The molecule has 0 saturated heterocycles. The highest BCUT2D eigenvalue weighted by Crippen LogP contribution is 2.22.